The first-order valence-corrected chi connectivity index (χ1v) is 4.99. The molecule has 0 amide bonds. The minimum Gasteiger partial charge on any atom is -0.383 e. The van der Waals surface area contributed by atoms with Gasteiger partial charge in [-0.1, -0.05) is 38.1 Å². The van der Waals surface area contributed by atoms with Gasteiger partial charge in [0.1, 0.15) is 0 Å². The van der Waals surface area contributed by atoms with Crippen LogP contribution in [0.5, 0.6) is 0 Å². The fourth-order valence-electron chi connectivity index (χ4n) is 1.40. The Morgan fingerprint density at radius 3 is 2.07 bits per heavy atom. The number of hydrogen-bond acceptors (Lipinski definition) is 2. The summed E-state index contributed by atoms with van der Waals surface area (Å²) in [6.45, 7) is 4.94. The average molecular weight is 193 g/mol. The van der Waals surface area contributed by atoms with Crippen molar-refractivity contribution in [1.29, 1.82) is 0 Å². The van der Waals surface area contributed by atoms with E-state index in [9.17, 15) is 0 Å². The Balaban J connectivity index is 2.72. The van der Waals surface area contributed by atoms with Crippen LogP contribution in [0.4, 0.5) is 0 Å². The Labute approximate surface area is 86.1 Å². The van der Waals surface area contributed by atoms with Crippen LogP contribution in [-0.4, -0.2) is 13.7 Å². The highest BCUT2D eigenvalue weighted by atomic mass is 16.5. The molecule has 0 spiro atoms. The molecule has 78 valence electrons. The molecule has 0 unspecified atom stereocenters. The normalized spacial score (nSPS) is 13.2. The van der Waals surface area contributed by atoms with Gasteiger partial charge >= 0.3 is 0 Å². The molecule has 0 fully saturated rings. The van der Waals surface area contributed by atoms with Crippen molar-refractivity contribution in [3.63, 3.8) is 0 Å². The van der Waals surface area contributed by atoms with Gasteiger partial charge in [-0.3, -0.25) is 0 Å². The van der Waals surface area contributed by atoms with E-state index in [1.807, 2.05) is 0 Å². The molecule has 0 heterocycles. The highest BCUT2D eigenvalue weighted by molar-refractivity contribution is 5.26. The SMILES string of the molecule is COC[C@@H](N)c1ccc(C(C)C)cc1. The Bertz CT molecular complexity index is 266. The lowest BCUT2D eigenvalue weighted by molar-refractivity contribution is 0.181. The maximum atomic E-state index is 5.91. The Kier molecular flexibility index (Phi) is 4.11. The largest absolute Gasteiger partial charge is 0.383 e. The summed E-state index contributed by atoms with van der Waals surface area (Å²) in [6.07, 6.45) is 0. The molecule has 2 N–H and O–H groups in total. The monoisotopic (exact) mass is 193 g/mol. The van der Waals surface area contributed by atoms with Crippen LogP contribution in [0.1, 0.15) is 36.9 Å². The maximum absolute atomic E-state index is 5.91. The summed E-state index contributed by atoms with van der Waals surface area (Å²) >= 11 is 0. The summed E-state index contributed by atoms with van der Waals surface area (Å²) in [5, 5.41) is 0. The van der Waals surface area contributed by atoms with Crippen molar-refractivity contribution in [2.75, 3.05) is 13.7 Å². The topological polar surface area (TPSA) is 35.2 Å². The molecule has 1 rings (SSSR count). The van der Waals surface area contributed by atoms with Gasteiger partial charge in [-0.15, -0.1) is 0 Å². The first kappa shape index (κ1) is 11.2. The quantitative estimate of drug-likeness (QED) is 0.797. The molecular weight excluding hydrogens is 174 g/mol. The van der Waals surface area contributed by atoms with Crippen molar-refractivity contribution in [3.05, 3.63) is 35.4 Å². The predicted octanol–water partition coefficient (Wildman–Crippen LogP) is 2.46. The third-order valence-electron chi connectivity index (χ3n) is 2.38. The predicted molar refractivity (Wildman–Crippen MR) is 59.3 cm³/mol. The zero-order chi connectivity index (χ0) is 10.6. The third kappa shape index (κ3) is 2.82. The first-order valence-electron chi connectivity index (χ1n) is 4.99. The molecule has 0 bridgehead atoms. The number of benzene rings is 1. The van der Waals surface area contributed by atoms with Gasteiger partial charge in [-0.05, 0) is 17.0 Å². The second-order valence-corrected chi connectivity index (χ2v) is 3.88. The van der Waals surface area contributed by atoms with Gasteiger partial charge in [-0.2, -0.15) is 0 Å². The molecule has 1 atom stereocenters. The molecule has 0 aliphatic rings. The number of hydrogen-bond donors (Lipinski definition) is 1. The Hall–Kier alpha value is -0.860. The van der Waals surface area contributed by atoms with Gasteiger partial charge in [0.15, 0.2) is 0 Å². The summed E-state index contributed by atoms with van der Waals surface area (Å²) < 4.78 is 5.01. The van der Waals surface area contributed by atoms with E-state index in [2.05, 4.69) is 38.1 Å². The highest BCUT2D eigenvalue weighted by Gasteiger charge is 2.05. The minimum atomic E-state index is -0.0128. The molecule has 0 aromatic heterocycles. The fourth-order valence-corrected chi connectivity index (χ4v) is 1.40. The second-order valence-electron chi connectivity index (χ2n) is 3.88. The summed E-state index contributed by atoms with van der Waals surface area (Å²) in [5.41, 5.74) is 8.39. The van der Waals surface area contributed by atoms with Crippen molar-refractivity contribution in [3.8, 4) is 0 Å². The standard InChI is InChI=1S/C12H19NO/c1-9(2)10-4-6-11(7-5-10)12(13)8-14-3/h4-7,9,12H,8,13H2,1-3H3/t12-/m1/s1. The van der Waals surface area contributed by atoms with Crippen molar-refractivity contribution in [2.45, 2.75) is 25.8 Å². The van der Waals surface area contributed by atoms with Crippen LogP contribution in [-0.2, 0) is 4.74 Å². The van der Waals surface area contributed by atoms with Gasteiger partial charge in [0, 0.05) is 7.11 Å². The van der Waals surface area contributed by atoms with E-state index < -0.39 is 0 Å². The van der Waals surface area contributed by atoms with E-state index in [-0.39, 0.29) is 6.04 Å². The van der Waals surface area contributed by atoms with E-state index in [4.69, 9.17) is 10.5 Å². The maximum Gasteiger partial charge on any atom is 0.0655 e. The molecular formula is C12H19NO. The molecule has 2 nitrogen and oxygen atoms in total. The van der Waals surface area contributed by atoms with Gasteiger partial charge in [0.05, 0.1) is 12.6 Å². The molecule has 14 heavy (non-hydrogen) atoms. The zero-order valence-corrected chi connectivity index (χ0v) is 9.16. The molecule has 0 saturated heterocycles. The molecule has 0 radical (unpaired) electrons. The molecule has 1 aromatic carbocycles. The molecule has 0 aliphatic carbocycles. The summed E-state index contributed by atoms with van der Waals surface area (Å²) in [6, 6.07) is 8.42. The van der Waals surface area contributed by atoms with Crippen molar-refractivity contribution in [2.24, 2.45) is 5.73 Å². The number of rotatable bonds is 4. The van der Waals surface area contributed by atoms with Gasteiger partial charge in [0.25, 0.3) is 0 Å². The number of ether oxygens (including phenoxy) is 1. The summed E-state index contributed by atoms with van der Waals surface area (Å²) in [7, 11) is 1.67. The van der Waals surface area contributed by atoms with Gasteiger partial charge in [-0.25, -0.2) is 0 Å². The number of nitrogens with two attached hydrogens (primary N) is 1. The Morgan fingerprint density at radius 2 is 1.64 bits per heavy atom. The zero-order valence-electron chi connectivity index (χ0n) is 9.16. The van der Waals surface area contributed by atoms with Crippen LogP contribution in [0.3, 0.4) is 0 Å². The first-order chi connectivity index (χ1) is 6.65. The van der Waals surface area contributed by atoms with Crippen LogP contribution >= 0.6 is 0 Å². The smallest absolute Gasteiger partial charge is 0.0655 e. The fraction of sp³-hybridized carbons (Fsp3) is 0.500. The van der Waals surface area contributed by atoms with Crippen molar-refractivity contribution < 1.29 is 4.74 Å². The Morgan fingerprint density at radius 1 is 1.14 bits per heavy atom. The summed E-state index contributed by atoms with van der Waals surface area (Å²) in [4.78, 5) is 0. The van der Waals surface area contributed by atoms with E-state index >= 15 is 0 Å². The molecule has 0 aliphatic heterocycles. The molecule has 2 heteroatoms. The van der Waals surface area contributed by atoms with E-state index in [0.29, 0.717) is 12.5 Å². The van der Waals surface area contributed by atoms with Crippen LogP contribution in [0.25, 0.3) is 0 Å². The summed E-state index contributed by atoms with van der Waals surface area (Å²) in [5.74, 6) is 0.572. The van der Waals surface area contributed by atoms with E-state index in [1.54, 1.807) is 7.11 Å². The average Bonchev–Trinajstić information content (AvgIpc) is 2.18. The lowest BCUT2D eigenvalue weighted by Crippen LogP contribution is -2.15. The molecule has 1 aromatic rings. The van der Waals surface area contributed by atoms with Gasteiger partial charge in [0.2, 0.25) is 0 Å². The van der Waals surface area contributed by atoms with Crippen LogP contribution < -0.4 is 5.73 Å². The van der Waals surface area contributed by atoms with Crippen LogP contribution in [0.2, 0.25) is 0 Å². The number of methoxy groups -OCH3 is 1. The third-order valence-corrected chi connectivity index (χ3v) is 2.38. The molecule has 0 saturated carbocycles. The van der Waals surface area contributed by atoms with E-state index in [1.165, 1.54) is 5.56 Å². The van der Waals surface area contributed by atoms with E-state index in [0.717, 1.165) is 5.56 Å². The lowest BCUT2D eigenvalue weighted by Gasteiger charge is -2.12. The highest BCUT2D eigenvalue weighted by Crippen LogP contribution is 2.17. The lowest BCUT2D eigenvalue weighted by atomic mass is 10.00. The van der Waals surface area contributed by atoms with Crippen molar-refractivity contribution >= 4 is 0 Å². The van der Waals surface area contributed by atoms with Gasteiger partial charge < -0.3 is 10.5 Å². The van der Waals surface area contributed by atoms with Crippen LogP contribution in [0, 0.1) is 0 Å². The van der Waals surface area contributed by atoms with Crippen molar-refractivity contribution in [1.82, 2.24) is 0 Å². The van der Waals surface area contributed by atoms with Crippen LogP contribution in [0.15, 0.2) is 24.3 Å². The minimum absolute atomic E-state index is 0.0128. The second kappa shape index (κ2) is 5.13.